The quantitative estimate of drug-likeness (QED) is 0.654. The Morgan fingerprint density at radius 1 is 1.30 bits per heavy atom. The zero-order chi connectivity index (χ0) is 23.8. The number of allylic oxidation sites excluding steroid dienone is 1. The van der Waals surface area contributed by atoms with Crippen molar-refractivity contribution >= 4 is 11.7 Å². The molecule has 1 fully saturated rings. The number of nitrogens with one attached hydrogen (secondary N) is 1. The summed E-state index contributed by atoms with van der Waals surface area (Å²) in [5.41, 5.74) is -1.10. The number of aliphatic hydroxyl groups is 1. The van der Waals surface area contributed by atoms with Crippen molar-refractivity contribution in [3.63, 3.8) is 0 Å². The molecule has 4 rings (SSSR count). The van der Waals surface area contributed by atoms with Crippen LogP contribution < -0.4 is 10.1 Å². The zero-order valence-corrected chi connectivity index (χ0v) is 19.4. The molecular formula is C26H32FNO5. The Morgan fingerprint density at radius 2 is 2.03 bits per heavy atom. The summed E-state index contributed by atoms with van der Waals surface area (Å²) < 4.78 is 24.8. The van der Waals surface area contributed by atoms with E-state index in [1.807, 2.05) is 13.8 Å². The molecular weight excluding hydrogens is 425 g/mol. The normalized spacial score (nSPS) is 24.6. The molecule has 178 valence electrons. The monoisotopic (exact) mass is 457 g/mol. The number of fused-ring (bicyclic) bond motifs is 1. The first-order chi connectivity index (χ1) is 15.7. The summed E-state index contributed by atoms with van der Waals surface area (Å²) in [4.78, 5) is 26.5. The smallest absolute Gasteiger partial charge is 0.253 e. The highest BCUT2D eigenvalue weighted by Gasteiger charge is 2.50. The second-order valence-electron chi connectivity index (χ2n) is 10.0. The number of ketones is 1. The molecule has 3 aliphatic rings. The first-order valence-electron chi connectivity index (χ1n) is 11.6. The fourth-order valence-electron chi connectivity index (χ4n) is 5.52. The molecule has 0 aromatic heterocycles. The van der Waals surface area contributed by atoms with E-state index in [9.17, 15) is 19.1 Å². The van der Waals surface area contributed by atoms with Crippen molar-refractivity contribution in [1.82, 2.24) is 5.32 Å². The first kappa shape index (κ1) is 23.5. The molecule has 0 bridgehead atoms. The maximum Gasteiger partial charge on any atom is 0.253 e. The maximum absolute atomic E-state index is 14.1. The van der Waals surface area contributed by atoms with Crippen molar-refractivity contribution < 1.29 is 28.6 Å². The van der Waals surface area contributed by atoms with Crippen LogP contribution in [0, 0.1) is 17.7 Å². The van der Waals surface area contributed by atoms with Crippen LogP contribution in [-0.4, -0.2) is 42.2 Å². The number of Topliss-reactive ketones (excluding diaryl/α,β-unsaturated/α-hetero) is 1. The first-order valence-corrected chi connectivity index (χ1v) is 11.6. The van der Waals surface area contributed by atoms with Gasteiger partial charge in [-0.25, -0.2) is 4.39 Å². The minimum atomic E-state index is -1.71. The van der Waals surface area contributed by atoms with E-state index in [0.717, 1.165) is 31.3 Å². The van der Waals surface area contributed by atoms with Crippen molar-refractivity contribution in [2.75, 3.05) is 13.7 Å². The third-order valence-corrected chi connectivity index (χ3v) is 7.33. The van der Waals surface area contributed by atoms with Gasteiger partial charge >= 0.3 is 0 Å². The molecule has 2 N–H and O–H groups in total. The van der Waals surface area contributed by atoms with Gasteiger partial charge in [0.15, 0.2) is 5.78 Å². The average Bonchev–Trinajstić information content (AvgIpc) is 3.48. The number of carbonyl (C=O) groups is 2. The molecule has 1 aliphatic heterocycles. The molecule has 0 saturated heterocycles. The summed E-state index contributed by atoms with van der Waals surface area (Å²) in [6.07, 6.45) is 8.38. The van der Waals surface area contributed by atoms with Crippen LogP contribution in [0.2, 0.25) is 0 Å². The van der Waals surface area contributed by atoms with Crippen LogP contribution in [0.5, 0.6) is 5.75 Å². The number of rotatable bonds is 7. The molecule has 7 heteroatoms. The molecule has 33 heavy (non-hydrogen) atoms. The number of ether oxygens (including phenoxy) is 2. The van der Waals surface area contributed by atoms with E-state index in [1.54, 1.807) is 24.5 Å². The highest BCUT2D eigenvalue weighted by molar-refractivity contribution is 5.97. The SMILES string of the molecule is COc1ccc(F)cc1C(C)(C)CC(O)(C(=O)NC1C=CC2=COCC2C1=O)C1CCCC1. The molecule has 1 amide bonds. The van der Waals surface area contributed by atoms with Gasteiger partial charge in [-0.3, -0.25) is 9.59 Å². The molecule has 6 nitrogen and oxygen atoms in total. The number of benzene rings is 1. The van der Waals surface area contributed by atoms with Crippen LogP contribution >= 0.6 is 0 Å². The van der Waals surface area contributed by atoms with E-state index in [4.69, 9.17) is 9.47 Å². The predicted molar refractivity (Wildman–Crippen MR) is 121 cm³/mol. The number of hydrogen-bond acceptors (Lipinski definition) is 5. The van der Waals surface area contributed by atoms with Crippen molar-refractivity contribution in [3.05, 3.63) is 53.6 Å². The average molecular weight is 458 g/mol. The lowest BCUT2D eigenvalue weighted by molar-refractivity contribution is -0.150. The van der Waals surface area contributed by atoms with Crippen LogP contribution in [0.4, 0.5) is 4.39 Å². The van der Waals surface area contributed by atoms with Crippen LogP contribution in [0.3, 0.4) is 0 Å². The Bertz CT molecular complexity index is 994. The van der Waals surface area contributed by atoms with Crippen LogP contribution in [0.15, 0.2) is 42.2 Å². The lowest BCUT2D eigenvalue weighted by Gasteiger charge is -2.40. The molecule has 1 heterocycles. The Labute approximate surface area is 193 Å². The van der Waals surface area contributed by atoms with Crippen molar-refractivity contribution in [3.8, 4) is 5.75 Å². The van der Waals surface area contributed by atoms with Gasteiger partial charge < -0.3 is 19.9 Å². The topological polar surface area (TPSA) is 84.9 Å². The van der Waals surface area contributed by atoms with Crippen LogP contribution in [-0.2, 0) is 19.7 Å². The Balaban J connectivity index is 1.62. The molecule has 2 aliphatic carbocycles. The van der Waals surface area contributed by atoms with Gasteiger partial charge in [0.25, 0.3) is 5.91 Å². The Kier molecular flexibility index (Phi) is 6.36. The molecule has 1 aromatic rings. The lowest BCUT2D eigenvalue weighted by atomic mass is 9.69. The highest BCUT2D eigenvalue weighted by Crippen LogP contribution is 2.44. The summed E-state index contributed by atoms with van der Waals surface area (Å²) in [7, 11) is 1.51. The number of halogens is 1. The van der Waals surface area contributed by atoms with E-state index in [1.165, 1.54) is 19.2 Å². The second kappa shape index (κ2) is 8.93. The molecule has 1 saturated carbocycles. The summed E-state index contributed by atoms with van der Waals surface area (Å²) >= 11 is 0. The summed E-state index contributed by atoms with van der Waals surface area (Å²) in [6, 6.07) is 3.46. The number of hydrogen-bond donors (Lipinski definition) is 2. The zero-order valence-electron chi connectivity index (χ0n) is 19.4. The summed E-state index contributed by atoms with van der Waals surface area (Å²) in [6.45, 7) is 4.01. The summed E-state index contributed by atoms with van der Waals surface area (Å²) in [5.74, 6) is -1.26. The van der Waals surface area contributed by atoms with Crippen LogP contribution in [0.25, 0.3) is 0 Å². The standard InChI is InChI=1S/C26H32FNO5/c1-25(2,20-12-18(27)9-11-22(20)32-3)15-26(31,17-6-4-5-7-17)24(30)28-21-10-8-16-13-33-14-19(16)23(21)29/h8-13,17,19,21,31H,4-7,14-15H2,1-3H3,(H,28,30). The molecule has 0 radical (unpaired) electrons. The summed E-state index contributed by atoms with van der Waals surface area (Å²) in [5, 5.41) is 14.7. The van der Waals surface area contributed by atoms with E-state index < -0.39 is 34.7 Å². The third kappa shape index (κ3) is 4.43. The van der Waals surface area contributed by atoms with E-state index in [2.05, 4.69) is 5.32 Å². The largest absolute Gasteiger partial charge is 0.500 e. The van der Waals surface area contributed by atoms with Crippen molar-refractivity contribution in [2.24, 2.45) is 11.8 Å². The van der Waals surface area contributed by atoms with Gasteiger partial charge in [-0.1, -0.05) is 38.8 Å². The van der Waals surface area contributed by atoms with Gasteiger partial charge in [0.2, 0.25) is 0 Å². The van der Waals surface area contributed by atoms with Crippen LogP contribution in [0.1, 0.15) is 51.5 Å². The van der Waals surface area contributed by atoms with E-state index >= 15 is 0 Å². The van der Waals surface area contributed by atoms with Gasteiger partial charge in [0.1, 0.15) is 29.8 Å². The minimum absolute atomic E-state index is 0.0681. The molecule has 0 spiro atoms. The minimum Gasteiger partial charge on any atom is -0.500 e. The molecule has 3 atom stereocenters. The number of amides is 1. The fraction of sp³-hybridized carbons (Fsp3) is 0.538. The molecule has 1 aromatic carbocycles. The van der Waals surface area contributed by atoms with E-state index in [0.29, 0.717) is 11.3 Å². The van der Waals surface area contributed by atoms with Gasteiger partial charge in [0, 0.05) is 11.1 Å². The van der Waals surface area contributed by atoms with Gasteiger partial charge in [0.05, 0.1) is 19.3 Å². The lowest BCUT2D eigenvalue weighted by Crippen LogP contribution is -2.58. The van der Waals surface area contributed by atoms with Gasteiger partial charge in [-0.05, 0) is 48.8 Å². The number of carbonyl (C=O) groups excluding carboxylic acids is 2. The second-order valence-corrected chi connectivity index (χ2v) is 10.0. The van der Waals surface area contributed by atoms with Gasteiger partial charge in [-0.2, -0.15) is 0 Å². The molecule has 3 unspecified atom stereocenters. The number of methoxy groups -OCH3 is 1. The fourth-order valence-corrected chi connectivity index (χ4v) is 5.52. The highest BCUT2D eigenvalue weighted by atomic mass is 19.1. The van der Waals surface area contributed by atoms with Crippen molar-refractivity contribution in [1.29, 1.82) is 0 Å². The maximum atomic E-state index is 14.1. The van der Waals surface area contributed by atoms with Gasteiger partial charge in [-0.15, -0.1) is 0 Å². The Hall–Kier alpha value is -2.67. The third-order valence-electron chi connectivity index (χ3n) is 7.33. The van der Waals surface area contributed by atoms with Crippen molar-refractivity contribution in [2.45, 2.75) is 63.0 Å². The predicted octanol–water partition coefficient (Wildman–Crippen LogP) is 3.58. The Morgan fingerprint density at radius 3 is 2.73 bits per heavy atom. The van der Waals surface area contributed by atoms with E-state index in [-0.39, 0.29) is 24.7 Å².